The van der Waals surface area contributed by atoms with E-state index in [-0.39, 0.29) is 0 Å². The topological polar surface area (TPSA) is 63.5 Å². The number of carbonyl (C=O) groups is 1. The number of rotatable bonds is 8. The van der Waals surface area contributed by atoms with Crippen LogP contribution in [0.25, 0.3) is 10.9 Å². The SMILES string of the molecule is COc1cccc(CNCc2c(C(=O)O)n(Cc3ccc(Cl)cc3)c3ccccc23)c1. The number of nitrogens with one attached hydrogen (secondary N) is 1. The molecule has 5 nitrogen and oxygen atoms in total. The zero-order valence-electron chi connectivity index (χ0n) is 17.1. The summed E-state index contributed by atoms with van der Waals surface area (Å²) in [6, 6.07) is 23.1. The van der Waals surface area contributed by atoms with Gasteiger partial charge in [0.15, 0.2) is 0 Å². The van der Waals surface area contributed by atoms with Gasteiger partial charge in [0.2, 0.25) is 0 Å². The van der Waals surface area contributed by atoms with Crippen LogP contribution in [-0.2, 0) is 19.6 Å². The summed E-state index contributed by atoms with van der Waals surface area (Å²) < 4.78 is 7.14. The van der Waals surface area contributed by atoms with E-state index in [1.165, 1.54) is 0 Å². The molecule has 0 unspecified atom stereocenters. The minimum Gasteiger partial charge on any atom is -0.497 e. The first-order valence-electron chi connectivity index (χ1n) is 9.98. The number of carboxylic acids is 1. The Labute approximate surface area is 185 Å². The first-order chi connectivity index (χ1) is 15.1. The Hall–Kier alpha value is -3.28. The highest BCUT2D eigenvalue weighted by atomic mass is 35.5. The lowest BCUT2D eigenvalue weighted by molar-refractivity contribution is 0.0685. The summed E-state index contributed by atoms with van der Waals surface area (Å²) in [6.07, 6.45) is 0. The van der Waals surface area contributed by atoms with E-state index in [1.807, 2.05) is 77.4 Å². The molecule has 3 aromatic carbocycles. The second kappa shape index (κ2) is 9.25. The lowest BCUT2D eigenvalue weighted by atomic mass is 10.1. The summed E-state index contributed by atoms with van der Waals surface area (Å²) >= 11 is 6.01. The molecule has 0 bridgehead atoms. The summed E-state index contributed by atoms with van der Waals surface area (Å²) in [6.45, 7) is 1.50. The zero-order chi connectivity index (χ0) is 21.8. The highest BCUT2D eigenvalue weighted by molar-refractivity contribution is 6.30. The van der Waals surface area contributed by atoms with E-state index >= 15 is 0 Å². The molecule has 0 atom stereocenters. The molecule has 1 heterocycles. The highest BCUT2D eigenvalue weighted by Crippen LogP contribution is 2.28. The third kappa shape index (κ3) is 4.58. The fourth-order valence-corrected chi connectivity index (χ4v) is 3.98. The van der Waals surface area contributed by atoms with Gasteiger partial charge >= 0.3 is 5.97 Å². The Morgan fingerprint density at radius 1 is 1.00 bits per heavy atom. The smallest absolute Gasteiger partial charge is 0.352 e. The molecule has 4 aromatic rings. The maximum absolute atomic E-state index is 12.3. The Balaban J connectivity index is 1.66. The number of ether oxygens (including phenoxy) is 1. The summed E-state index contributed by atoms with van der Waals surface area (Å²) in [4.78, 5) is 12.3. The Kier molecular flexibility index (Phi) is 6.26. The number of nitrogens with zero attached hydrogens (tertiary/aromatic N) is 1. The van der Waals surface area contributed by atoms with Gasteiger partial charge in [0.05, 0.1) is 7.11 Å². The minimum absolute atomic E-state index is 0.300. The first-order valence-corrected chi connectivity index (χ1v) is 10.4. The van der Waals surface area contributed by atoms with Crippen LogP contribution >= 0.6 is 11.6 Å². The van der Waals surface area contributed by atoms with E-state index < -0.39 is 5.97 Å². The van der Waals surface area contributed by atoms with Gasteiger partial charge in [0, 0.05) is 41.1 Å². The number of methoxy groups -OCH3 is 1. The van der Waals surface area contributed by atoms with Crippen molar-refractivity contribution >= 4 is 28.5 Å². The number of aromatic carboxylic acids is 1. The number of carboxylic acid groups (broad SMARTS) is 1. The second-order valence-corrected chi connectivity index (χ2v) is 7.75. The van der Waals surface area contributed by atoms with Crippen LogP contribution in [-0.4, -0.2) is 22.8 Å². The van der Waals surface area contributed by atoms with E-state index in [9.17, 15) is 9.90 Å². The van der Waals surface area contributed by atoms with Crippen LogP contribution in [0.3, 0.4) is 0 Å². The molecule has 2 N–H and O–H groups in total. The second-order valence-electron chi connectivity index (χ2n) is 7.32. The Morgan fingerprint density at radius 3 is 2.52 bits per heavy atom. The van der Waals surface area contributed by atoms with Crippen molar-refractivity contribution in [1.82, 2.24) is 9.88 Å². The van der Waals surface area contributed by atoms with Crippen molar-refractivity contribution in [3.8, 4) is 5.75 Å². The van der Waals surface area contributed by atoms with Crippen molar-refractivity contribution in [1.29, 1.82) is 0 Å². The monoisotopic (exact) mass is 434 g/mol. The maximum Gasteiger partial charge on any atom is 0.352 e. The minimum atomic E-state index is -0.941. The van der Waals surface area contributed by atoms with Gasteiger partial charge in [-0.1, -0.05) is 54.1 Å². The predicted molar refractivity (Wildman–Crippen MR) is 123 cm³/mol. The van der Waals surface area contributed by atoms with Gasteiger partial charge in [0.1, 0.15) is 11.4 Å². The molecule has 0 aliphatic rings. The molecule has 158 valence electrons. The van der Waals surface area contributed by atoms with Crippen LogP contribution in [0.15, 0.2) is 72.8 Å². The van der Waals surface area contributed by atoms with Gasteiger partial charge in [-0.15, -0.1) is 0 Å². The number of para-hydroxylation sites is 1. The lowest BCUT2D eigenvalue weighted by Crippen LogP contribution is -2.17. The zero-order valence-corrected chi connectivity index (χ0v) is 17.9. The number of aromatic nitrogens is 1. The summed E-state index contributed by atoms with van der Waals surface area (Å²) in [5.74, 6) is -0.145. The van der Waals surface area contributed by atoms with Gasteiger partial charge < -0.3 is 19.7 Å². The Bertz CT molecular complexity index is 1220. The molecule has 0 fully saturated rings. The molecule has 6 heteroatoms. The van der Waals surface area contributed by atoms with Crippen LogP contribution in [0.2, 0.25) is 5.02 Å². The van der Waals surface area contributed by atoms with E-state index in [0.717, 1.165) is 33.3 Å². The normalized spacial score (nSPS) is 11.0. The number of hydrogen-bond donors (Lipinski definition) is 2. The van der Waals surface area contributed by atoms with Crippen molar-refractivity contribution < 1.29 is 14.6 Å². The van der Waals surface area contributed by atoms with Gasteiger partial charge in [0.25, 0.3) is 0 Å². The van der Waals surface area contributed by atoms with E-state index in [4.69, 9.17) is 16.3 Å². The van der Waals surface area contributed by atoms with Crippen molar-refractivity contribution in [3.05, 3.63) is 100 Å². The van der Waals surface area contributed by atoms with Crippen molar-refractivity contribution in [3.63, 3.8) is 0 Å². The van der Waals surface area contributed by atoms with Gasteiger partial charge in [-0.2, -0.15) is 0 Å². The quantitative estimate of drug-likeness (QED) is 0.393. The molecule has 0 saturated heterocycles. The molecule has 0 spiro atoms. The number of hydrogen-bond acceptors (Lipinski definition) is 3. The lowest BCUT2D eigenvalue weighted by Gasteiger charge is -2.10. The largest absolute Gasteiger partial charge is 0.497 e. The number of halogens is 1. The standard InChI is InChI=1S/C25H23ClN2O3/c1-31-20-6-4-5-18(13-20)14-27-15-22-21-7-2-3-8-23(21)28(24(22)25(29)30)16-17-9-11-19(26)12-10-17/h2-13,27H,14-16H2,1H3,(H,29,30). The van der Waals surface area contributed by atoms with Crippen LogP contribution in [0.5, 0.6) is 5.75 Å². The van der Waals surface area contributed by atoms with Crippen LogP contribution in [0.1, 0.15) is 27.2 Å². The van der Waals surface area contributed by atoms with Crippen LogP contribution in [0.4, 0.5) is 0 Å². The van der Waals surface area contributed by atoms with E-state index in [1.54, 1.807) is 7.11 Å². The maximum atomic E-state index is 12.3. The third-order valence-corrected chi connectivity index (χ3v) is 5.55. The summed E-state index contributed by atoms with van der Waals surface area (Å²) in [7, 11) is 1.64. The average Bonchev–Trinajstić information content (AvgIpc) is 3.09. The molecule has 0 amide bonds. The third-order valence-electron chi connectivity index (χ3n) is 5.30. The van der Waals surface area contributed by atoms with Crippen LogP contribution < -0.4 is 10.1 Å². The molecule has 31 heavy (non-hydrogen) atoms. The molecule has 4 rings (SSSR count). The number of benzene rings is 3. The van der Waals surface area contributed by atoms with Crippen molar-refractivity contribution in [2.24, 2.45) is 0 Å². The van der Waals surface area contributed by atoms with Gasteiger partial charge in [-0.3, -0.25) is 0 Å². The molecular formula is C25H23ClN2O3. The molecule has 0 radical (unpaired) electrons. The molecule has 1 aromatic heterocycles. The van der Waals surface area contributed by atoms with E-state index in [0.29, 0.717) is 30.4 Å². The van der Waals surface area contributed by atoms with Crippen molar-refractivity contribution in [2.45, 2.75) is 19.6 Å². The molecule has 0 aliphatic heterocycles. The van der Waals surface area contributed by atoms with Crippen molar-refractivity contribution in [2.75, 3.05) is 7.11 Å². The molecular weight excluding hydrogens is 412 g/mol. The first kappa shape index (κ1) is 21.0. The van der Waals surface area contributed by atoms with Gasteiger partial charge in [-0.25, -0.2) is 4.79 Å². The molecule has 0 saturated carbocycles. The summed E-state index contributed by atoms with van der Waals surface area (Å²) in [5, 5.41) is 15.1. The highest BCUT2D eigenvalue weighted by Gasteiger charge is 2.22. The average molecular weight is 435 g/mol. The van der Waals surface area contributed by atoms with Crippen LogP contribution in [0, 0.1) is 0 Å². The predicted octanol–water partition coefficient (Wildman–Crippen LogP) is 5.34. The fourth-order valence-electron chi connectivity index (χ4n) is 3.85. The fraction of sp³-hybridized carbons (Fsp3) is 0.160. The Morgan fingerprint density at radius 2 is 1.77 bits per heavy atom. The van der Waals surface area contributed by atoms with Gasteiger partial charge in [-0.05, 0) is 41.5 Å². The summed E-state index contributed by atoms with van der Waals surface area (Å²) in [5.41, 5.74) is 4.03. The molecule has 0 aliphatic carbocycles. The number of fused-ring (bicyclic) bond motifs is 1. The van der Waals surface area contributed by atoms with E-state index in [2.05, 4.69) is 5.32 Å².